The molecule has 1 aromatic heterocycles. The molecule has 0 fully saturated rings. The van der Waals surface area contributed by atoms with E-state index in [2.05, 4.69) is 16.2 Å². The number of nitrogens with one attached hydrogen (secondary N) is 3. The molecule has 1 aliphatic rings. The number of amides is 1. The monoisotopic (exact) mass is 396 g/mol. The van der Waals surface area contributed by atoms with Crippen LogP contribution in [-0.4, -0.2) is 10.9 Å². The molecule has 0 saturated heterocycles. The Morgan fingerprint density at radius 3 is 2.79 bits per heavy atom. The molecule has 0 saturated carbocycles. The van der Waals surface area contributed by atoms with Gasteiger partial charge in [0.05, 0.1) is 16.8 Å². The number of fused-ring (bicyclic) bond motifs is 1. The van der Waals surface area contributed by atoms with Gasteiger partial charge in [0.15, 0.2) is 0 Å². The minimum Gasteiger partial charge on any atom is -0.326 e. The highest BCUT2D eigenvalue weighted by Gasteiger charge is 2.26. The fourth-order valence-electron chi connectivity index (χ4n) is 3.36. The lowest BCUT2D eigenvalue weighted by molar-refractivity contribution is -0.114. The minimum atomic E-state index is -0.454. The minimum absolute atomic E-state index is 0.0953. The molecule has 0 radical (unpaired) electrons. The summed E-state index contributed by atoms with van der Waals surface area (Å²) in [4.78, 5) is 16.1. The Bertz CT molecular complexity index is 1090. The van der Waals surface area contributed by atoms with E-state index in [4.69, 9.17) is 16.6 Å². The van der Waals surface area contributed by atoms with Crippen molar-refractivity contribution < 1.29 is 9.18 Å². The van der Waals surface area contributed by atoms with Crippen LogP contribution in [0.3, 0.4) is 0 Å². The van der Waals surface area contributed by atoms with Gasteiger partial charge >= 0.3 is 0 Å². The fraction of sp³-hybridized carbons (Fsp3) is 0.143. The zero-order valence-electron chi connectivity index (χ0n) is 15.3. The molecule has 142 valence electrons. The van der Waals surface area contributed by atoms with Crippen LogP contribution in [-0.2, 0) is 4.79 Å². The van der Waals surface area contributed by atoms with Crippen LogP contribution in [0.15, 0.2) is 48.5 Å². The predicted molar refractivity (Wildman–Crippen MR) is 109 cm³/mol. The maximum absolute atomic E-state index is 13.8. The second-order valence-electron chi connectivity index (χ2n) is 6.67. The van der Waals surface area contributed by atoms with Gasteiger partial charge in [0.25, 0.3) is 0 Å². The first-order valence-corrected chi connectivity index (χ1v) is 9.17. The summed E-state index contributed by atoms with van der Waals surface area (Å²) in [5.41, 5.74) is 11.3. The van der Waals surface area contributed by atoms with Crippen LogP contribution in [0.2, 0.25) is 5.02 Å². The van der Waals surface area contributed by atoms with Gasteiger partial charge in [-0.25, -0.2) is 14.8 Å². The largest absolute Gasteiger partial charge is 0.326 e. The summed E-state index contributed by atoms with van der Waals surface area (Å²) in [5.74, 6) is 0.109. The number of carbonyl (C=O) groups excluding carboxylic acids is 1. The summed E-state index contributed by atoms with van der Waals surface area (Å²) in [6.45, 7) is 3.43. The van der Waals surface area contributed by atoms with E-state index >= 15 is 0 Å². The number of aromatic nitrogens is 1. The van der Waals surface area contributed by atoms with Crippen molar-refractivity contribution in [3.8, 4) is 11.3 Å². The molecule has 3 aromatic rings. The highest BCUT2D eigenvalue weighted by Crippen LogP contribution is 2.36. The van der Waals surface area contributed by atoms with E-state index in [0.29, 0.717) is 5.82 Å². The SMILES string of the molecule is CC(=O)Nc1cccc(-c2ccc3c(n2)NNC3c2ccc(Cl)c(F)c2)c1C. The molecule has 0 spiro atoms. The van der Waals surface area contributed by atoms with Crippen molar-refractivity contribution in [1.29, 1.82) is 0 Å². The van der Waals surface area contributed by atoms with E-state index in [9.17, 15) is 9.18 Å². The maximum atomic E-state index is 13.8. The van der Waals surface area contributed by atoms with Crippen LogP contribution in [0.1, 0.15) is 29.7 Å². The summed E-state index contributed by atoms with van der Waals surface area (Å²) >= 11 is 5.79. The summed E-state index contributed by atoms with van der Waals surface area (Å²) < 4.78 is 13.8. The van der Waals surface area contributed by atoms with Gasteiger partial charge in [-0.3, -0.25) is 4.79 Å². The van der Waals surface area contributed by atoms with E-state index in [1.165, 1.54) is 13.0 Å². The molecule has 3 N–H and O–H groups in total. The Hall–Kier alpha value is -2.96. The third kappa shape index (κ3) is 3.32. The van der Waals surface area contributed by atoms with Crippen molar-refractivity contribution in [2.45, 2.75) is 19.9 Å². The van der Waals surface area contributed by atoms with Crippen molar-refractivity contribution in [3.63, 3.8) is 0 Å². The molecule has 4 rings (SSSR count). The topological polar surface area (TPSA) is 66.0 Å². The van der Waals surface area contributed by atoms with Gasteiger partial charge in [-0.2, -0.15) is 0 Å². The highest BCUT2D eigenvalue weighted by atomic mass is 35.5. The van der Waals surface area contributed by atoms with Gasteiger partial charge in [0.1, 0.15) is 11.6 Å². The molecule has 28 heavy (non-hydrogen) atoms. The molecule has 1 atom stereocenters. The predicted octanol–water partition coefficient (Wildman–Crippen LogP) is 4.83. The van der Waals surface area contributed by atoms with Crippen molar-refractivity contribution in [3.05, 3.63) is 76.1 Å². The number of hydrazine groups is 1. The Morgan fingerprint density at radius 1 is 1.21 bits per heavy atom. The molecular weight excluding hydrogens is 379 g/mol. The van der Waals surface area contributed by atoms with Crippen molar-refractivity contribution in [2.75, 3.05) is 10.7 Å². The molecule has 0 aliphatic carbocycles. The van der Waals surface area contributed by atoms with Crippen LogP contribution < -0.4 is 16.2 Å². The summed E-state index contributed by atoms with van der Waals surface area (Å²) in [7, 11) is 0. The second-order valence-corrected chi connectivity index (χ2v) is 7.08. The number of hydrogen-bond donors (Lipinski definition) is 3. The van der Waals surface area contributed by atoms with Gasteiger partial charge in [0.2, 0.25) is 5.91 Å². The van der Waals surface area contributed by atoms with Crippen molar-refractivity contribution in [1.82, 2.24) is 10.4 Å². The number of hydrogen-bond acceptors (Lipinski definition) is 4. The van der Waals surface area contributed by atoms with Crippen LogP contribution >= 0.6 is 11.6 Å². The third-order valence-corrected chi connectivity index (χ3v) is 5.08. The third-order valence-electron chi connectivity index (χ3n) is 4.77. The number of benzene rings is 2. The number of anilines is 2. The van der Waals surface area contributed by atoms with E-state index in [1.807, 2.05) is 37.3 Å². The van der Waals surface area contributed by atoms with E-state index in [-0.39, 0.29) is 17.0 Å². The molecule has 7 heteroatoms. The smallest absolute Gasteiger partial charge is 0.221 e. The summed E-state index contributed by atoms with van der Waals surface area (Å²) in [6, 6.07) is 14.1. The summed E-state index contributed by atoms with van der Waals surface area (Å²) in [6.07, 6.45) is 0. The Labute approximate surface area is 166 Å². The van der Waals surface area contributed by atoms with Crippen LogP contribution in [0.25, 0.3) is 11.3 Å². The zero-order chi connectivity index (χ0) is 19.8. The standard InChI is InChI=1S/C21H18ClFN4O/c1-11-14(4-3-5-18(11)24-12(2)28)19-9-7-15-20(26-27-21(15)25-19)13-6-8-16(22)17(23)10-13/h3-10,20,26H,1-2H3,(H,24,28)(H,25,27). The quantitative estimate of drug-likeness (QED) is 0.593. The molecule has 5 nitrogen and oxygen atoms in total. The van der Waals surface area contributed by atoms with Crippen molar-refractivity contribution in [2.24, 2.45) is 0 Å². The van der Waals surface area contributed by atoms with Gasteiger partial charge in [0, 0.05) is 23.7 Å². The second kappa shape index (κ2) is 7.22. The fourth-order valence-corrected chi connectivity index (χ4v) is 3.48. The molecule has 1 aliphatic heterocycles. The van der Waals surface area contributed by atoms with Gasteiger partial charge in [-0.1, -0.05) is 35.9 Å². The Morgan fingerprint density at radius 2 is 2.04 bits per heavy atom. The van der Waals surface area contributed by atoms with E-state index < -0.39 is 5.82 Å². The average Bonchev–Trinajstić information content (AvgIpc) is 3.08. The lowest BCUT2D eigenvalue weighted by Crippen LogP contribution is -2.19. The zero-order valence-corrected chi connectivity index (χ0v) is 16.1. The van der Waals surface area contributed by atoms with Gasteiger partial charge in [-0.05, 0) is 42.3 Å². The highest BCUT2D eigenvalue weighted by molar-refractivity contribution is 6.30. The maximum Gasteiger partial charge on any atom is 0.221 e. The first-order chi connectivity index (χ1) is 13.4. The average molecular weight is 397 g/mol. The number of pyridine rings is 1. The Kier molecular flexibility index (Phi) is 4.75. The van der Waals surface area contributed by atoms with E-state index in [1.54, 1.807) is 12.1 Å². The van der Waals surface area contributed by atoms with Gasteiger partial charge in [-0.15, -0.1) is 0 Å². The normalized spacial score (nSPS) is 15.1. The molecule has 2 aromatic carbocycles. The van der Waals surface area contributed by atoms with Crippen LogP contribution in [0.5, 0.6) is 0 Å². The lowest BCUT2D eigenvalue weighted by atomic mass is 9.98. The summed E-state index contributed by atoms with van der Waals surface area (Å²) in [5, 5.41) is 2.93. The molecule has 0 bridgehead atoms. The lowest BCUT2D eigenvalue weighted by Gasteiger charge is -2.13. The van der Waals surface area contributed by atoms with Crippen LogP contribution in [0.4, 0.5) is 15.9 Å². The molecule has 1 amide bonds. The first-order valence-electron chi connectivity index (χ1n) is 8.79. The van der Waals surface area contributed by atoms with Crippen molar-refractivity contribution >= 4 is 29.0 Å². The molecular formula is C21H18ClFN4O. The Balaban J connectivity index is 1.69. The molecule has 2 heterocycles. The van der Waals surface area contributed by atoms with Gasteiger partial charge < -0.3 is 10.7 Å². The number of nitrogens with zero attached hydrogens (tertiary/aromatic N) is 1. The number of carbonyl (C=O) groups is 1. The van der Waals surface area contributed by atoms with Crippen LogP contribution in [0, 0.1) is 12.7 Å². The number of halogens is 2. The first kappa shape index (κ1) is 18.4. The molecule has 1 unspecified atom stereocenters. The van der Waals surface area contributed by atoms with E-state index in [0.717, 1.165) is 33.6 Å². The number of rotatable bonds is 3.